The highest BCUT2D eigenvalue weighted by molar-refractivity contribution is 9.09. The maximum absolute atomic E-state index is 12.3. The Morgan fingerprint density at radius 2 is 1.90 bits per heavy atom. The second-order valence-electron chi connectivity index (χ2n) is 5.41. The first-order valence-electron chi connectivity index (χ1n) is 7.34. The average Bonchev–Trinajstić information content (AvgIpc) is 2.56. The minimum atomic E-state index is -0.104. The lowest BCUT2D eigenvalue weighted by molar-refractivity contribution is 0.0927. The summed E-state index contributed by atoms with van der Waals surface area (Å²) in [6, 6.07) is 11.5. The zero-order valence-electron chi connectivity index (χ0n) is 12.5. The molecule has 3 nitrogen and oxygen atoms in total. The molecule has 0 saturated heterocycles. The molecular weight excluding hydrogens is 328 g/mol. The van der Waals surface area contributed by atoms with Crippen LogP contribution in [0.4, 0.5) is 0 Å². The summed E-state index contributed by atoms with van der Waals surface area (Å²) in [4.78, 5) is 16.7. The molecule has 1 aromatic carbocycles. The molecule has 0 bridgehead atoms. The van der Waals surface area contributed by atoms with Crippen LogP contribution >= 0.6 is 15.9 Å². The van der Waals surface area contributed by atoms with Crippen LogP contribution in [-0.2, 0) is 0 Å². The van der Waals surface area contributed by atoms with Crippen LogP contribution in [0.15, 0.2) is 36.4 Å². The van der Waals surface area contributed by atoms with Crippen LogP contribution in [0.5, 0.6) is 0 Å². The molecule has 0 saturated carbocycles. The number of alkyl halides is 1. The van der Waals surface area contributed by atoms with Gasteiger partial charge in [-0.05, 0) is 30.4 Å². The Morgan fingerprint density at radius 1 is 1.19 bits per heavy atom. The molecule has 1 amide bonds. The van der Waals surface area contributed by atoms with Crippen molar-refractivity contribution in [3.8, 4) is 0 Å². The molecule has 1 heterocycles. The third-order valence-electron chi connectivity index (χ3n) is 4.24. The molecule has 0 fully saturated rings. The lowest BCUT2D eigenvalue weighted by Gasteiger charge is -2.29. The van der Waals surface area contributed by atoms with Crippen molar-refractivity contribution >= 4 is 32.7 Å². The van der Waals surface area contributed by atoms with Crippen molar-refractivity contribution in [1.82, 2.24) is 10.3 Å². The van der Waals surface area contributed by atoms with E-state index in [0.29, 0.717) is 12.2 Å². The second kappa shape index (κ2) is 7.03. The van der Waals surface area contributed by atoms with E-state index < -0.39 is 0 Å². The number of halogens is 1. The van der Waals surface area contributed by atoms with Crippen LogP contribution in [-0.4, -0.2) is 22.8 Å². The average molecular weight is 349 g/mol. The van der Waals surface area contributed by atoms with Crippen molar-refractivity contribution in [3.63, 3.8) is 0 Å². The fourth-order valence-corrected chi connectivity index (χ4v) is 3.28. The predicted octanol–water partition coefficient (Wildman–Crippen LogP) is 4.17. The van der Waals surface area contributed by atoms with Gasteiger partial charge in [-0.2, -0.15) is 0 Å². The number of fused-ring (bicyclic) bond motifs is 1. The van der Waals surface area contributed by atoms with Crippen molar-refractivity contribution in [3.05, 3.63) is 42.1 Å². The highest BCUT2D eigenvalue weighted by atomic mass is 79.9. The summed E-state index contributed by atoms with van der Waals surface area (Å²) in [6.07, 6.45) is 2.06. The fourth-order valence-electron chi connectivity index (χ4n) is 2.29. The number of rotatable bonds is 6. The first-order valence-corrected chi connectivity index (χ1v) is 8.46. The lowest BCUT2D eigenvalue weighted by atomic mass is 9.84. The molecule has 112 valence electrons. The molecule has 0 atom stereocenters. The highest BCUT2D eigenvalue weighted by Crippen LogP contribution is 2.27. The molecule has 0 spiro atoms. The lowest BCUT2D eigenvalue weighted by Crippen LogP contribution is -2.38. The van der Waals surface area contributed by atoms with Gasteiger partial charge in [0.25, 0.3) is 5.91 Å². The van der Waals surface area contributed by atoms with E-state index in [2.05, 4.69) is 40.1 Å². The quantitative estimate of drug-likeness (QED) is 0.796. The van der Waals surface area contributed by atoms with Crippen LogP contribution in [0.3, 0.4) is 0 Å². The fraction of sp³-hybridized carbons (Fsp3) is 0.412. The number of aromatic nitrogens is 1. The number of para-hydroxylation sites is 1. The maximum Gasteiger partial charge on any atom is 0.269 e. The van der Waals surface area contributed by atoms with Gasteiger partial charge in [0.2, 0.25) is 0 Å². The molecule has 21 heavy (non-hydrogen) atoms. The Morgan fingerprint density at radius 3 is 2.57 bits per heavy atom. The summed E-state index contributed by atoms with van der Waals surface area (Å²) in [7, 11) is 0. The molecule has 0 aliphatic rings. The van der Waals surface area contributed by atoms with Gasteiger partial charge in [0.1, 0.15) is 5.69 Å². The predicted molar refractivity (Wildman–Crippen MR) is 90.9 cm³/mol. The summed E-state index contributed by atoms with van der Waals surface area (Å²) in [6.45, 7) is 4.98. The number of carbonyl (C=O) groups excluding carboxylic acids is 1. The number of pyridine rings is 1. The summed E-state index contributed by atoms with van der Waals surface area (Å²) >= 11 is 3.57. The van der Waals surface area contributed by atoms with E-state index in [1.807, 2.05) is 30.3 Å². The molecule has 1 N–H and O–H groups in total. The van der Waals surface area contributed by atoms with Gasteiger partial charge in [0, 0.05) is 17.3 Å². The molecule has 0 aliphatic heterocycles. The molecule has 4 heteroatoms. The minimum Gasteiger partial charge on any atom is -0.350 e. The normalized spacial score (nSPS) is 11.6. The van der Waals surface area contributed by atoms with Crippen molar-refractivity contribution in [2.45, 2.75) is 26.7 Å². The van der Waals surface area contributed by atoms with Gasteiger partial charge in [-0.25, -0.2) is 4.98 Å². The van der Waals surface area contributed by atoms with Crippen LogP contribution in [0.25, 0.3) is 10.9 Å². The number of carbonyl (C=O) groups is 1. The number of amides is 1. The van der Waals surface area contributed by atoms with Gasteiger partial charge in [0.15, 0.2) is 0 Å². The third-order valence-corrected chi connectivity index (χ3v) is 5.43. The summed E-state index contributed by atoms with van der Waals surface area (Å²) in [5.41, 5.74) is 1.44. The summed E-state index contributed by atoms with van der Waals surface area (Å²) < 4.78 is 0. The Hall–Kier alpha value is -1.42. The van der Waals surface area contributed by atoms with E-state index in [1.54, 1.807) is 6.07 Å². The molecule has 0 radical (unpaired) electrons. The zero-order valence-corrected chi connectivity index (χ0v) is 14.1. The van der Waals surface area contributed by atoms with Crippen molar-refractivity contribution in [1.29, 1.82) is 0 Å². The van der Waals surface area contributed by atoms with Gasteiger partial charge in [-0.3, -0.25) is 4.79 Å². The van der Waals surface area contributed by atoms with Gasteiger partial charge in [-0.15, -0.1) is 0 Å². The molecule has 2 rings (SSSR count). The number of hydrogen-bond acceptors (Lipinski definition) is 2. The number of nitrogens with one attached hydrogen (secondary N) is 1. The van der Waals surface area contributed by atoms with E-state index in [-0.39, 0.29) is 11.3 Å². The van der Waals surface area contributed by atoms with E-state index in [9.17, 15) is 4.79 Å². The van der Waals surface area contributed by atoms with Gasteiger partial charge >= 0.3 is 0 Å². The van der Waals surface area contributed by atoms with E-state index in [1.165, 1.54) is 0 Å². The van der Waals surface area contributed by atoms with E-state index in [0.717, 1.165) is 29.1 Å². The Balaban J connectivity index is 2.11. The Labute approximate surface area is 134 Å². The largest absolute Gasteiger partial charge is 0.350 e. The van der Waals surface area contributed by atoms with Crippen LogP contribution in [0.2, 0.25) is 0 Å². The first kappa shape index (κ1) is 16.0. The van der Waals surface area contributed by atoms with Crippen LogP contribution in [0, 0.1) is 5.41 Å². The molecule has 1 aromatic heterocycles. The van der Waals surface area contributed by atoms with Crippen molar-refractivity contribution in [2.75, 3.05) is 11.9 Å². The van der Waals surface area contributed by atoms with Crippen LogP contribution in [0.1, 0.15) is 37.2 Å². The monoisotopic (exact) mass is 348 g/mol. The van der Waals surface area contributed by atoms with Gasteiger partial charge < -0.3 is 5.32 Å². The molecular formula is C17H21BrN2O. The minimum absolute atomic E-state index is 0.104. The standard InChI is InChI=1S/C17H21BrN2O/c1-3-17(4-2,11-18)12-19-16(21)15-10-9-13-7-5-6-8-14(13)20-15/h5-10H,3-4,11-12H2,1-2H3,(H,19,21). The maximum atomic E-state index is 12.3. The topological polar surface area (TPSA) is 42.0 Å². The summed E-state index contributed by atoms with van der Waals surface area (Å²) in [5.74, 6) is -0.104. The Kier molecular flexibility index (Phi) is 5.34. The van der Waals surface area contributed by atoms with Crippen LogP contribution < -0.4 is 5.32 Å². The highest BCUT2D eigenvalue weighted by Gasteiger charge is 2.25. The molecule has 2 aromatic rings. The third kappa shape index (κ3) is 3.62. The number of benzene rings is 1. The summed E-state index contributed by atoms with van der Waals surface area (Å²) in [5, 5.41) is 4.96. The van der Waals surface area contributed by atoms with E-state index >= 15 is 0 Å². The number of hydrogen-bond donors (Lipinski definition) is 1. The molecule has 0 aliphatic carbocycles. The van der Waals surface area contributed by atoms with Gasteiger partial charge in [0.05, 0.1) is 5.52 Å². The smallest absolute Gasteiger partial charge is 0.269 e. The molecule has 0 unspecified atom stereocenters. The van der Waals surface area contributed by atoms with E-state index in [4.69, 9.17) is 0 Å². The van der Waals surface area contributed by atoms with Crippen molar-refractivity contribution < 1.29 is 4.79 Å². The first-order chi connectivity index (χ1) is 10.1. The van der Waals surface area contributed by atoms with Gasteiger partial charge in [-0.1, -0.05) is 54.0 Å². The Bertz CT molecular complexity index is 615. The SMILES string of the molecule is CCC(CC)(CBr)CNC(=O)c1ccc2ccccc2n1. The second-order valence-corrected chi connectivity index (χ2v) is 5.97. The zero-order chi connectivity index (χ0) is 15.3. The number of nitrogens with zero attached hydrogens (tertiary/aromatic N) is 1. The van der Waals surface area contributed by atoms with Crippen molar-refractivity contribution in [2.24, 2.45) is 5.41 Å².